The molecule has 0 heterocycles. The van der Waals surface area contributed by atoms with Gasteiger partial charge in [0.2, 0.25) is 0 Å². The highest BCUT2D eigenvalue weighted by molar-refractivity contribution is 7.79. The first-order chi connectivity index (χ1) is 5.55. The monoisotopic (exact) mass is 180 g/mol. The third-order valence-corrected chi connectivity index (χ3v) is 2.34. The smallest absolute Gasteiger partial charge is 0.0157 e. The Morgan fingerprint density at radius 1 is 1.17 bits per heavy atom. The number of thiol groups is 1. The van der Waals surface area contributed by atoms with Crippen LogP contribution in [0.25, 0.3) is 0 Å². The van der Waals surface area contributed by atoms with E-state index >= 15 is 0 Å². The summed E-state index contributed by atoms with van der Waals surface area (Å²) in [5.41, 5.74) is 2.98. The minimum absolute atomic E-state index is 0.235. The fourth-order valence-corrected chi connectivity index (χ4v) is 1.67. The number of hydrogen-bond acceptors (Lipinski definition) is 1. The molecule has 0 aliphatic rings. The van der Waals surface area contributed by atoms with Gasteiger partial charge in [-0.25, -0.2) is 0 Å². The Morgan fingerprint density at radius 2 is 1.75 bits per heavy atom. The molecule has 0 fully saturated rings. The Bertz CT molecular complexity index is 258. The van der Waals surface area contributed by atoms with E-state index in [2.05, 4.69) is 57.7 Å². The lowest BCUT2D eigenvalue weighted by molar-refractivity contribution is 0.585. The summed E-state index contributed by atoms with van der Waals surface area (Å²) in [4.78, 5) is 0. The van der Waals surface area contributed by atoms with Crippen LogP contribution in [-0.2, 0) is 11.2 Å². The first-order valence-electron chi connectivity index (χ1n) is 4.25. The van der Waals surface area contributed by atoms with Gasteiger partial charge in [0.05, 0.1) is 0 Å². The zero-order chi connectivity index (χ0) is 9.19. The quantitative estimate of drug-likeness (QED) is 0.629. The highest BCUT2D eigenvalue weighted by atomic mass is 32.1. The predicted molar refractivity (Wildman–Crippen MR) is 57.8 cm³/mol. The molecule has 1 aromatic rings. The minimum Gasteiger partial charge on any atom is -0.175 e. The van der Waals surface area contributed by atoms with Crippen LogP contribution < -0.4 is 0 Å². The van der Waals surface area contributed by atoms with Crippen molar-refractivity contribution in [2.75, 3.05) is 0 Å². The molecule has 0 amide bonds. The van der Waals surface area contributed by atoms with Gasteiger partial charge in [0.15, 0.2) is 0 Å². The molecule has 0 bridgehead atoms. The van der Waals surface area contributed by atoms with Crippen LogP contribution in [0.4, 0.5) is 0 Å². The Labute approximate surface area is 80.4 Å². The molecule has 0 saturated heterocycles. The molecule has 1 heteroatoms. The van der Waals surface area contributed by atoms with Crippen LogP contribution in [0.1, 0.15) is 31.9 Å². The van der Waals surface area contributed by atoms with E-state index in [4.69, 9.17) is 0 Å². The summed E-state index contributed by atoms with van der Waals surface area (Å²) in [5, 5.41) is 0. The average Bonchev–Trinajstić information content (AvgIpc) is 2.03. The summed E-state index contributed by atoms with van der Waals surface area (Å²) < 4.78 is 0. The zero-order valence-electron chi connectivity index (χ0n) is 7.96. The van der Waals surface area contributed by atoms with Gasteiger partial charge in [0.1, 0.15) is 0 Å². The Hall–Kier alpha value is -0.430. The molecule has 0 saturated carbocycles. The van der Waals surface area contributed by atoms with Gasteiger partial charge in [-0.1, -0.05) is 45.0 Å². The number of benzene rings is 1. The van der Waals surface area contributed by atoms with Crippen molar-refractivity contribution in [2.24, 2.45) is 0 Å². The lowest BCUT2D eigenvalue weighted by Crippen LogP contribution is -2.13. The van der Waals surface area contributed by atoms with Crippen LogP contribution in [0.2, 0.25) is 0 Å². The Kier molecular flexibility index (Phi) is 2.84. The molecule has 1 rings (SSSR count). The van der Waals surface area contributed by atoms with E-state index in [0.29, 0.717) is 0 Å². The molecule has 0 unspecified atom stereocenters. The maximum absolute atomic E-state index is 4.31. The lowest BCUT2D eigenvalue weighted by Gasteiger charge is -2.22. The molecule has 12 heavy (non-hydrogen) atoms. The maximum Gasteiger partial charge on any atom is 0.0157 e. The van der Waals surface area contributed by atoms with Crippen molar-refractivity contribution >= 4 is 12.6 Å². The van der Waals surface area contributed by atoms with Gasteiger partial charge in [0.25, 0.3) is 0 Å². The average molecular weight is 180 g/mol. The molecule has 0 spiro atoms. The standard InChI is InChI=1S/C11H16S/c1-11(2,3)10-7-5-4-6-9(10)8-12/h4-7,12H,8H2,1-3H3. The lowest BCUT2D eigenvalue weighted by atomic mass is 9.84. The van der Waals surface area contributed by atoms with E-state index in [1.807, 2.05) is 0 Å². The Morgan fingerprint density at radius 3 is 2.17 bits per heavy atom. The van der Waals surface area contributed by atoms with Gasteiger partial charge in [-0.15, -0.1) is 0 Å². The van der Waals surface area contributed by atoms with Gasteiger partial charge in [-0.3, -0.25) is 0 Å². The van der Waals surface area contributed by atoms with Crippen LogP contribution in [-0.4, -0.2) is 0 Å². The van der Waals surface area contributed by atoms with E-state index in [1.165, 1.54) is 11.1 Å². The van der Waals surface area contributed by atoms with Gasteiger partial charge >= 0.3 is 0 Å². The van der Waals surface area contributed by atoms with Gasteiger partial charge in [-0.05, 0) is 16.5 Å². The van der Waals surface area contributed by atoms with Crippen molar-refractivity contribution in [3.8, 4) is 0 Å². The van der Waals surface area contributed by atoms with E-state index in [0.717, 1.165) is 5.75 Å². The molecule has 66 valence electrons. The van der Waals surface area contributed by atoms with Crippen LogP contribution in [0.15, 0.2) is 24.3 Å². The van der Waals surface area contributed by atoms with Gasteiger partial charge in [0, 0.05) is 5.75 Å². The number of rotatable bonds is 1. The van der Waals surface area contributed by atoms with E-state index in [-0.39, 0.29) is 5.41 Å². The SMILES string of the molecule is CC(C)(C)c1ccccc1CS. The summed E-state index contributed by atoms with van der Waals surface area (Å²) in [6, 6.07) is 8.49. The van der Waals surface area contributed by atoms with E-state index in [9.17, 15) is 0 Å². The second-order valence-corrected chi connectivity index (χ2v) is 4.38. The molecule has 0 aliphatic heterocycles. The van der Waals surface area contributed by atoms with Gasteiger partial charge < -0.3 is 0 Å². The van der Waals surface area contributed by atoms with Gasteiger partial charge in [-0.2, -0.15) is 12.6 Å². The fourth-order valence-electron chi connectivity index (χ4n) is 1.39. The highest BCUT2D eigenvalue weighted by Crippen LogP contribution is 2.26. The van der Waals surface area contributed by atoms with Crippen LogP contribution in [0.3, 0.4) is 0 Å². The van der Waals surface area contributed by atoms with Crippen LogP contribution in [0.5, 0.6) is 0 Å². The molecule has 0 aliphatic carbocycles. The molecular formula is C11H16S. The molecule has 0 atom stereocenters. The third kappa shape index (κ3) is 2.04. The van der Waals surface area contributed by atoms with Crippen molar-refractivity contribution in [3.05, 3.63) is 35.4 Å². The topological polar surface area (TPSA) is 0 Å². The third-order valence-electron chi connectivity index (χ3n) is 2.00. The summed E-state index contributed by atoms with van der Waals surface area (Å²) in [6.07, 6.45) is 0. The molecule has 1 aromatic carbocycles. The predicted octanol–water partition coefficient (Wildman–Crippen LogP) is 3.41. The van der Waals surface area contributed by atoms with Crippen molar-refractivity contribution in [3.63, 3.8) is 0 Å². The second kappa shape index (κ2) is 3.53. The van der Waals surface area contributed by atoms with Crippen molar-refractivity contribution < 1.29 is 0 Å². The Balaban J connectivity index is 3.14. The van der Waals surface area contributed by atoms with Crippen molar-refractivity contribution in [2.45, 2.75) is 31.9 Å². The van der Waals surface area contributed by atoms with Crippen LogP contribution in [0, 0.1) is 0 Å². The second-order valence-electron chi connectivity index (χ2n) is 4.07. The van der Waals surface area contributed by atoms with Crippen LogP contribution >= 0.6 is 12.6 Å². The summed E-state index contributed by atoms with van der Waals surface area (Å²) in [7, 11) is 0. The highest BCUT2D eigenvalue weighted by Gasteiger charge is 2.15. The van der Waals surface area contributed by atoms with E-state index in [1.54, 1.807) is 0 Å². The molecule has 0 radical (unpaired) electrons. The summed E-state index contributed by atoms with van der Waals surface area (Å²) >= 11 is 4.31. The first-order valence-corrected chi connectivity index (χ1v) is 4.88. The zero-order valence-corrected chi connectivity index (χ0v) is 8.86. The minimum atomic E-state index is 0.235. The van der Waals surface area contributed by atoms with Crippen molar-refractivity contribution in [1.82, 2.24) is 0 Å². The molecule has 0 aromatic heterocycles. The largest absolute Gasteiger partial charge is 0.175 e. The summed E-state index contributed by atoms with van der Waals surface area (Å²) in [5.74, 6) is 0.827. The number of hydrogen-bond donors (Lipinski definition) is 1. The fraction of sp³-hybridized carbons (Fsp3) is 0.455. The summed E-state index contributed by atoms with van der Waals surface area (Å²) in [6.45, 7) is 6.69. The van der Waals surface area contributed by atoms with E-state index < -0.39 is 0 Å². The molecular weight excluding hydrogens is 164 g/mol. The first kappa shape index (κ1) is 9.66. The van der Waals surface area contributed by atoms with Crippen molar-refractivity contribution in [1.29, 1.82) is 0 Å². The molecule has 0 nitrogen and oxygen atoms in total. The molecule has 0 N–H and O–H groups in total. The maximum atomic E-state index is 4.31. The normalized spacial score (nSPS) is 11.7.